The molecule has 1 aliphatic rings. The molecule has 1 atom stereocenters. The van der Waals surface area contributed by atoms with Crippen LogP contribution in [-0.2, 0) is 22.4 Å². The summed E-state index contributed by atoms with van der Waals surface area (Å²) in [5, 5.41) is 2.04. The van der Waals surface area contributed by atoms with Crippen molar-refractivity contribution >= 4 is 23.2 Å². The highest BCUT2D eigenvalue weighted by Gasteiger charge is 2.34. The molecule has 0 saturated carbocycles. The van der Waals surface area contributed by atoms with E-state index in [9.17, 15) is 14.0 Å². The van der Waals surface area contributed by atoms with Crippen molar-refractivity contribution in [2.24, 2.45) is 0 Å². The first-order valence-electron chi connectivity index (χ1n) is 13.0. The number of amides is 2. The lowest BCUT2D eigenvalue weighted by Crippen LogP contribution is -2.47. The molecule has 0 radical (unpaired) electrons. The van der Waals surface area contributed by atoms with Crippen LogP contribution in [-0.4, -0.2) is 55.0 Å². The van der Waals surface area contributed by atoms with Gasteiger partial charge in [-0.1, -0.05) is 44.0 Å². The van der Waals surface area contributed by atoms with E-state index in [0.717, 1.165) is 30.4 Å². The lowest BCUT2D eigenvalue weighted by molar-refractivity contribution is -0.134. The Kier molecular flexibility index (Phi) is 9.47. The number of halogens is 1. The van der Waals surface area contributed by atoms with Gasteiger partial charge in [-0.2, -0.15) is 0 Å². The van der Waals surface area contributed by atoms with Gasteiger partial charge in [0.15, 0.2) is 0 Å². The summed E-state index contributed by atoms with van der Waals surface area (Å²) < 4.78 is 18.9. The zero-order valence-electron chi connectivity index (χ0n) is 21.6. The van der Waals surface area contributed by atoms with Crippen LogP contribution < -0.4 is 0 Å². The number of hydrogen-bond donors (Lipinski definition) is 0. The van der Waals surface area contributed by atoms with Crippen molar-refractivity contribution in [1.82, 2.24) is 9.80 Å². The van der Waals surface area contributed by atoms with Crippen LogP contribution in [0.5, 0.6) is 0 Å². The molecule has 0 aliphatic carbocycles. The largest absolute Gasteiger partial charge is 0.383 e. The van der Waals surface area contributed by atoms with E-state index in [1.54, 1.807) is 35.5 Å². The third-order valence-electron chi connectivity index (χ3n) is 6.92. The topological polar surface area (TPSA) is 49.9 Å². The summed E-state index contributed by atoms with van der Waals surface area (Å²) in [5.74, 6) is -0.625. The van der Waals surface area contributed by atoms with Gasteiger partial charge < -0.3 is 14.5 Å². The van der Waals surface area contributed by atoms with Gasteiger partial charge in [0.25, 0.3) is 5.91 Å². The summed E-state index contributed by atoms with van der Waals surface area (Å²) in [7, 11) is 1.59. The van der Waals surface area contributed by atoms with Crippen LogP contribution in [0.4, 0.5) is 4.39 Å². The lowest BCUT2D eigenvalue weighted by Gasteiger charge is -2.37. The minimum Gasteiger partial charge on any atom is -0.383 e. The molecule has 1 unspecified atom stereocenters. The van der Waals surface area contributed by atoms with Gasteiger partial charge in [-0.05, 0) is 71.7 Å². The van der Waals surface area contributed by atoms with Crippen LogP contribution in [0.2, 0.25) is 0 Å². The second-order valence-corrected chi connectivity index (χ2v) is 10.5. The molecule has 0 bridgehead atoms. The summed E-state index contributed by atoms with van der Waals surface area (Å²) in [6.07, 6.45) is 5.26. The molecule has 0 spiro atoms. The van der Waals surface area contributed by atoms with Gasteiger partial charge in [0.1, 0.15) is 12.4 Å². The van der Waals surface area contributed by atoms with E-state index in [0.29, 0.717) is 25.3 Å². The van der Waals surface area contributed by atoms with E-state index in [1.807, 2.05) is 40.6 Å². The minimum atomic E-state index is -0.310. The molecule has 0 saturated heterocycles. The van der Waals surface area contributed by atoms with Gasteiger partial charge in [-0.25, -0.2) is 4.39 Å². The highest BCUT2D eigenvalue weighted by atomic mass is 32.1. The van der Waals surface area contributed by atoms with Crippen molar-refractivity contribution in [3.05, 3.63) is 92.9 Å². The zero-order valence-corrected chi connectivity index (χ0v) is 22.4. The first-order chi connectivity index (χ1) is 18.0. The average Bonchev–Trinajstić information content (AvgIpc) is 3.40. The SMILES string of the molecule is CCCCCc1ccc(C(=O)N(CCOC)CC(=O)N2CCc3sccc3C2c2ccc(F)cc2)cc1. The molecule has 5 nitrogen and oxygen atoms in total. The number of ether oxygens (including phenoxy) is 1. The number of fused-ring (bicyclic) bond motifs is 1. The predicted octanol–water partition coefficient (Wildman–Crippen LogP) is 5.88. The fourth-order valence-electron chi connectivity index (χ4n) is 4.87. The minimum absolute atomic E-state index is 0.0440. The Bertz CT molecular complexity index is 1180. The number of carbonyl (C=O) groups is 2. The molecule has 2 aromatic carbocycles. The number of methoxy groups -OCH3 is 1. The molecule has 37 heavy (non-hydrogen) atoms. The molecule has 196 valence electrons. The highest BCUT2D eigenvalue weighted by Crippen LogP contribution is 2.38. The molecule has 4 rings (SSSR count). The number of aryl methyl sites for hydroxylation is 1. The second-order valence-electron chi connectivity index (χ2n) is 9.46. The molecule has 2 heterocycles. The van der Waals surface area contributed by atoms with E-state index < -0.39 is 0 Å². The number of carbonyl (C=O) groups excluding carboxylic acids is 2. The van der Waals surface area contributed by atoms with E-state index >= 15 is 0 Å². The zero-order chi connectivity index (χ0) is 26.2. The van der Waals surface area contributed by atoms with Crippen molar-refractivity contribution in [2.45, 2.75) is 45.1 Å². The van der Waals surface area contributed by atoms with Gasteiger partial charge in [-0.3, -0.25) is 9.59 Å². The maximum atomic E-state index is 13.7. The molecule has 0 fully saturated rings. The molecule has 2 amide bonds. The van der Waals surface area contributed by atoms with Crippen LogP contribution in [0.25, 0.3) is 0 Å². The maximum Gasteiger partial charge on any atom is 0.254 e. The maximum absolute atomic E-state index is 13.7. The molecular weight excluding hydrogens is 487 g/mol. The van der Waals surface area contributed by atoms with E-state index in [4.69, 9.17) is 4.74 Å². The fraction of sp³-hybridized carbons (Fsp3) is 0.400. The summed E-state index contributed by atoms with van der Waals surface area (Å²) >= 11 is 1.68. The molecular formula is C30H35FN2O3S. The lowest BCUT2D eigenvalue weighted by atomic mass is 9.93. The van der Waals surface area contributed by atoms with Gasteiger partial charge >= 0.3 is 0 Å². The Hall–Kier alpha value is -3.03. The van der Waals surface area contributed by atoms with E-state index in [-0.39, 0.29) is 30.2 Å². The van der Waals surface area contributed by atoms with Crippen LogP contribution in [0.1, 0.15) is 64.2 Å². The molecule has 0 N–H and O–H groups in total. The van der Waals surface area contributed by atoms with Crippen LogP contribution in [0.3, 0.4) is 0 Å². The Balaban J connectivity index is 1.53. The first-order valence-corrected chi connectivity index (χ1v) is 13.9. The van der Waals surface area contributed by atoms with Crippen molar-refractivity contribution in [3.8, 4) is 0 Å². The molecule has 1 aliphatic heterocycles. The summed E-state index contributed by atoms with van der Waals surface area (Å²) in [5.41, 5.74) is 3.72. The summed E-state index contributed by atoms with van der Waals surface area (Å²) in [4.78, 5) is 31.8. The molecule has 3 aromatic rings. The van der Waals surface area contributed by atoms with Gasteiger partial charge in [0.2, 0.25) is 5.91 Å². The quantitative estimate of drug-likeness (QED) is 0.296. The van der Waals surface area contributed by atoms with E-state index in [2.05, 4.69) is 6.92 Å². The van der Waals surface area contributed by atoms with Crippen molar-refractivity contribution in [1.29, 1.82) is 0 Å². The fourth-order valence-corrected chi connectivity index (χ4v) is 5.78. The number of hydrogen-bond acceptors (Lipinski definition) is 4. The van der Waals surface area contributed by atoms with E-state index in [1.165, 1.54) is 35.4 Å². The number of thiophene rings is 1. The van der Waals surface area contributed by atoms with Gasteiger partial charge in [0.05, 0.1) is 12.6 Å². The third kappa shape index (κ3) is 6.65. The molecule has 7 heteroatoms. The average molecular weight is 523 g/mol. The van der Waals surface area contributed by atoms with Crippen molar-refractivity contribution in [2.75, 3.05) is 33.4 Å². The van der Waals surface area contributed by atoms with Crippen LogP contribution in [0.15, 0.2) is 60.0 Å². The predicted molar refractivity (Wildman–Crippen MR) is 145 cm³/mol. The van der Waals surface area contributed by atoms with Crippen LogP contribution >= 0.6 is 11.3 Å². The van der Waals surface area contributed by atoms with Gasteiger partial charge in [0, 0.05) is 30.6 Å². The standard InChI is InChI=1S/C30H35FN2O3S/c1-3-4-5-6-22-7-9-24(10-8-22)30(35)32(18-19-36-2)21-28(34)33-17-15-27-26(16-20-37-27)29(33)23-11-13-25(31)14-12-23/h7-14,16,20,29H,3-6,15,17-19,21H2,1-2H3. The normalized spacial score (nSPS) is 14.9. The number of rotatable bonds is 11. The van der Waals surface area contributed by atoms with Crippen LogP contribution in [0, 0.1) is 5.82 Å². The second kappa shape index (κ2) is 13.0. The third-order valence-corrected chi connectivity index (χ3v) is 7.92. The Morgan fingerprint density at radius 1 is 1.08 bits per heavy atom. The van der Waals surface area contributed by atoms with Crippen molar-refractivity contribution in [3.63, 3.8) is 0 Å². The summed E-state index contributed by atoms with van der Waals surface area (Å²) in [6, 6.07) is 15.8. The number of benzene rings is 2. The highest BCUT2D eigenvalue weighted by molar-refractivity contribution is 7.10. The first kappa shape index (κ1) is 27.0. The van der Waals surface area contributed by atoms with Crippen molar-refractivity contribution < 1.29 is 18.7 Å². The number of nitrogens with zero attached hydrogens (tertiary/aromatic N) is 2. The monoisotopic (exact) mass is 522 g/mol. The Morgan fingerprint density at radius 2 is 1.84 bits per heavy atom. The molecule has 1 aromatic heterocycles. The summed E-state index contributed by atoms with van der Waals surface area (Å²) in [6.45, 7) is 3.34. The Morgan fingerprint density at radius 3 is 2.54 bits per heavy atom. The Labute approximate surface area is 222 Å². The number of unbranched alkanes of at least 4 members (excludes halogenated alkanes) is 2. The smallest absolute Gasteiger partial charge is 0.254 e. The van der Waals surface area contributed by atoms with Gasteiger partial charge in [-0.15, -0.1) is 11.3 Å².